The maximum Gasteiger partial charge on any atom is 0.348 e. The maximum atomic E-state index is 13.4. The third-order valence-corrected chi connectivity index (χ3v) is 7.05. The Kier molecular flexibility index (Phi) is 8.78. The SMILES string of the molecule is CCOC(=O)c1sc(N[C@H](NC(=O)c2cccs2)C(=O)c2ccc(C)cc2)c(C(=O)OCC)c1C. The van der Waals surface area contributed by atoms with Gasteiger partial charge in [0.1, 0.15) is 9.88 Å². The fourth-order valence-corrected chi connectivity index (χ4v) is 4.99. The van der Waals surface area contributed by atoms with Crippen LogP contribution >= 0.6 is 22.7 Å². The van der Waals surface area contributed by atoms with Crippen LogP contribution in [0.3, 0.4) is 0 Å². The largest absolute Gasteiger partial charge is 0.462 e. The molecule has 0 aliphatic rings. The molecule has 2 heterocycles. The first-order chi connectivity index (χ1) is 16.8. The van der Waals surface area contributed by atoms with Crippen LogP contribution in [0, 0.1) is 13.8 Å². The van der Waals surface area contributed by atoms with Gasteiger partial charge in [0.25, 0.3) is 5.91 Å². The van der Waals surface area contributed by atoms with Crippen molar-refractivity contribution in [3.63, 3.8) is 0 Å². The van der Waals surface area contributed by atoms with E-state index in [0.29, 0.717) is 16.0 Å². The number of esters is 2. The minimum atomic E-state index is -1.21. The van der Waals surface area contributed by atoms with Gasteiger partial charge >= 0.3 is 11.9 Å². The van der Waals surface area contributed by atoms with Gasteiger partial charge in [-0.15, -0.1) is 22.7 Å². The summed E-state index contributed by atoms with van der Waals surface area (Å²) in [7, 11) is 0. The summed E-state index contributed by atoms with van der Waals surface area (Å²) in [4.78, 5) is 52.1. The van der Waals surface area contributed by atoms with Crippen LogP contribution in [0.5, 0.6) is 0 Å². The average Bonchev–Trinajstić information content (AvgIpc) is 3.47. The van der Waals surface area contributed by atoms with Gasteiger partial charge in [-0.3, -0.25) is 9.59 Å². The van der Waals surface area contributed by atoms with E-state index in [1.807, 2.05) is 6.92 Å². The first-order valence-electron chi connectivity index (χ1n) is 11.0. The maximum absolute atomic E-state index is 13.4. The molecule has 1 amide bonds. The van der Waals surface area contributed by atoms with Crippen LogP contribution in [-0.4, -0.2) is 43.0 Å². The molecular formula is C25H26N2O6S2. The summed E-state index contributed by atoms with van der Waals surface area (Å²) in [6, 6.07) is 10.3. The molecule has 1 aromatic carbocycles. The molecule has 0 aliphatic carbocycles. The van der Waals surface area contributed by atoms with E-state index < -0.39 is 29.8 Å². The van der Waals surface area contributed by atoms with Gasteiger partial charge in [0, 0.05) is 5.56 Å². The van der Waals surface area contributed by atoms with E-state index in [9.17, 15) is 19.2 Å². The quantitative estimate of drug-likeness (QED) is 0.226. The summed E-state index contributed by atoms with van der Waals surface area (Å²) in [6.45, 7) is 7.16. The Labute approximate surface area is 211 Å². The van der Waals surface area contributed by atoms with E-state index in [-0.39, 0.29) is 28.7 Å². The molecule has 0 radical (unpaired) electrons. The van der Waals surface area contributed by atoms with Crippen LogP contribution < -0.4 is 10.6 Å². The Morgan fingerprint density at radius 3 is 2.20 bits per heavy atom. The van der Waals surface area contributed by atoms with E-state index in [1.54, 1.807) is 62.5 Å². The number of Topliss-reactive ketones (excluding diaryl/α,β-unsaturated/α-hetero) is 1. The van der Waals surface area contributed by atoms with Crippen molar-refractivity contribution in [2.24, 2.45) is 0 Å². The van der Waals surface area contributed by atoms with Gasteiger partial charge in [0.15, 0.2) is 6.17 Å². The number of amides is 1. The second-order valence-electron chi connectivity index (χ2n) is 7.46. The lowest BCUT2D eigenvalue weighted by Crippen LogP contribution is -2.46. The minimum absolute atomic E-state index is 0.118. The number of benzene rings is 1. The third-order valence-electron chi connectivity index (χ3n) is 4.98. The van der Waals surface area contributed by atoms with Gasteiger partial charge in [0.2, 0.25) is 5.78 Å². The monoisotopic (exact) mass is 514 g/mol. The van der Waals surface area contributed by atoms with E-state index in [1.165, 1.54) is 11.3 Å². The number of carbonyl (C=O) groups is 4. The van der Waals surface area contributed by atoms with Crippen molar-refractivity contribution < 1.29 is 28.7 Å². The van der Waals surface area contributed by atoms with Crippen molar-refractivity contribution >= 4 is 51.3 Å². The van der Waals surface area contributed by atoms with E-state index in [4.69, 9.17) is 9.47 Å². The van der Waals surface area contributed by atoms with Crippen molar-refractivity contribution in [3.8, 4) is 0 Å². The fraction of sp³-hybridized carbons (Fsp3) is 0.280. The normalized spacial score (nSPS) is 11.4. The molecule has 3 aromatic rings. The molecule has 35 heavy (non-hydrogen) atoms. The Bertz CT molecular complexity index is 1220. The molecule has 0 fully saturated rings. The number of carbonyl (C=O) groups excluding carboxylic acids is 4. The zero-order chi connectivity index (χ0) is 25.5. The Hall–Kier alpha value is -3.50. The van der Waals surface area contributed by atoms with Gasteiger partial charge in [-0.25, -0.2) is 9.59 Å². The smallest absolute Gasteiger partial charge is 0.348 e. The lowest BCUT2D eigenvalue weighted by Gasteiger charge is -2.20. The standard InChI is InChI=1S/C25H26N2O6S2/c1-5-32-24(30)18-15(4)20(25(31)33-6-2)35-23(18)27-21(26-22(29)17-8-7-13-34-17)19(28)16-11-9-14(3)10-12-16/h7-13,21,27H,5-6H2,1-4H3,(H,26,29)/t21-/m0/s1. The second-order valence-corrected chi connectivity index (χ2v) is 9.43. The topological polar surface area (TPSA) is 111 Å². The number of ether oxygens (including phenoxy) is 2. The average molecular weight is 515 g/mol. The third kappa shape index (κ3) is 6.14. The number of anilines is 1. The molecule has 0 unspecified atom stereocenters. The molecule has 0 bridgehead atoms. The number of thiophene rings is 2. The summed E-state index contributed by atoms with van der Waals surface area (Å²) < 4.78 is 10.3. The molecule has 10 heteroatoms. The molecule has 2 aromatic heterocycles. The number of ketones is 1. The predicted molar refractivity (Wildman–Crippen MR) is 136 cm³/mol. The minimum Gasteiger partial charge on any atom is -0.462 e. The first kappa shape index (κ1) is 26.1. The van der Waals surface area contributed by atoms with Gasteiger partial charge in [-0.2, -0.15) is 0 Å². The highest BCUT2D eigenvalue weighted by Gasteiger charge is 2.30. The molecule has 2 N–H and O–H groups in total. The van der Waals surface area contributed by atoms with Crippen LogP contribution in [0.2, 0.25) is 0 Å². The van der Waals surface area contributed by atoms with Gasteiger partial charge < -0.3 is 20.1 Å². The zero-order valence-corrected chi connectivity index (χ0v) is 21.4. The van der Waals surface area contributed by atoms with E-state index >= 15 is 0 Å². The number of nitrogens with one attached hydrogen (secondary N) is 2. The molecule has 0 aliphatic heterocycles. The summed E-state index contributed by atoms with van der Waals surface area (Å²) in [5, 5.41) is 7.67. The Morgan fingerprint density at radius 2 is 1.60 bits per heavy atom. The molecule has 1 atom stereocenters. The number of rotatable bonds is 10. The highest BCUT2D eigenvalue weighted by molar-refractivity contribution is 7.18. The first-order valence-corrected chi connectivity index (χ1v) is 12.7. The lowest BCUT2D eigenvalue weighted by atomic mass is 10.1. The van der Waals surface area contributed by atoms with Crippen molar-refractivity contribution in [2.45, 2.75) is 33.9 Å². The molecule has 8 nitrogen and oxygen atoms in total. The van der Waals surface area contributed by atoms with Crippen molar-refractivity contribution in [3.05, 3.63) is 73.8 Å². The second kappa shape index (κ2) is 11.8. The van der Waals surface area contributed by atoms with E-state index in [2.05, 4.69) is 10.6 Å². The van der Waals surface area contributed by atoms with Crippen molar-refractivity contribution in [1.29, 1.82) is 0 Å². The van der Waals surface area contributed by atoms with Crippen LogP contribution in [0.15, 0.2) is 41.8 Å². The Balaban J connectivity index is 2.03. The van der Waals surface area contributed by atoms with Crippen LogP contribution in [-0.2, 0) is 9.47 Å². The molecule has 0 saturated carbocycles. The molecular weight excluding hydrogens is 488 g/mol. The fourth-order valence-electron chi connectivity index (χ4n) is 3.25. The van der Waals surface area contributed by atoms with E-state index in [0.717, 1.165) is 16.9 Å². The number of hydrogen-bond donors (Lipinski definition) is 2. The van der Waals surface area contributed by atoms with Crippen LogP contribution in [0.4, 0.5) is 5.00 Å². The van der Waals surface area contributed by atoms with Crippen molar-refractivity contribution in [1.82, 2.24) is 5.32 Å². The lowest BCUT2D eigenvalue weighted by molar-refractivity contribution is 0.0526. The summed E-state index contributed by atoms with van der Waals surface area (Å²) in [5.74, 6) is -2.09. The number of hydrogen-bond acceptors (Lipinski definition) is 9. The predicted octanol–water partition coefficient (Wildman–Crippen LogP) is 4.83. The van der Waals surface area contributed by atoms with Gasteiger partial charge in [0.05, 0.1) is 23.7 Å². The van der Waals surface area contributed by atoms with Crippen LogP contribution in [0.25, 0.3) is 0 Å². The molecule has 184 valence electrons. The highest BCUT2D eigenvalue weighted by atomic mass is 32.1. The highest BCUT2D eigenvalue weighted by Crippen LogP contribution is 2.35. The zero-order valence-electron chi connectivity index (χ0n) is 19.8. The summed E-state index contributed by atoms with van der Waals surface area (Å²) >= 11 is 2.20. The summed E-state index contributed by atoms with van der Waals surface area (Å²) in [5.41, 5.74) is 1.84. The van der Waals surface area contributed by atoms with Crippen molar-refractivity contribution in [2.75, 3.05) is 18.5 Å². The van der Waals surface area contributed by atoms with Gasteiger partial charge in [-0.05, 0) is 44.7 Å². The Morgan fingerprint density at radius 1 is 0.943 bits per heavy atom. The number of aryl methyl sites for hydroxylation is 1. The molecule has 0 spiro atoms. The molecule has 0 saturated heterocycles. The molecule has 3 rings (SSSR count). The summed E-state index contributed by atoms with van der Waals surface area (Å²) in [6.07, 6.45) is -1.21. The van der Waals surface area contributed by atoms with Crippen LogP contribution in [0.1, 0.15) is 65.0 Å². The van der Waals surface area contributed by atoms with Gasteiger partial charge in [-0.1, -0.05) is 35.9 Å².